The molecule has 0 spiro atoms. The van der Waals surface area contributed by atoms with Gasteiger partial charge in [0.2, 0.25) is 11.8 Å². The van der Waals surface area contributed by atoms with Crippen molar-refractivity contribution in [1.29, 1.82) is 0 Å². The Labute approximate surface area is 112 Å². The Hall–Kier alpha value is -1.79. The summed E-state index contributed by atoms with van der Waals surface area (Å²) in [6.07, 6.45) is 1.17. The number of nitrogens with one attached hydrogen (secondary N) is 1. The van der Waals surface area contributed by atoms with Gasteiger partial charge in [0.15, 0.2) is 5.84 Å². The van der Waals surface area contributed by atoms with E-state index in [1.54, 1.807) is 11.8 Å². The van der Waals surface area contributed by atoms with Crippen LogP contribution in [-0.2, 0) is 9.59 Å². The lowest BCUT2D eigenvalue weighted by atomic mass is 9.84. The van der Waals surface area contributed by atoms with Crippen molar-refractivity contribution in [3.05, 3.63) is 0 Å². The quantitative estimate of drug-likeness (QED) is 0.286. The average Bonchev–Trinajstić information content (AvgIpc) is 2.83. The first-order valence-corrected chi connectivity index (χ1v) is 6.39. The molecule has 1 heterocycles. The van der Waals surface area contributed by atoms with Crippen LogP contribution in [-0.4, -0.2) is 46.9 Å². The Balaban J connectivity index is 2.76. The number of nitrogens with two attached hydrogens (primary N) is 1. The number of amides is 2. The number of oxime groups is 1. The van der Waals surface area contributed by atoms with Crippen molar-refractivity contribution in [3.8, 4) is 0 Å². The highest BCUT2D eigenvalue weighted by Gasteiger charge is 2.41. The molecule has 0 radical (unpaired) electrons. The van der Waals surface area contributed by atoms with E-state index in [1.165, 1.54) is 6.92 Å². The van der Waals surface area contributed by atoms with Gasteiger partial charge in [0, 0.05) is 26.1 Å². The van der Waals surface area contributed by atoms with Gasteiger partial charge in [-0.1, -0.05) is 12.1 Å². The first-order chi connectivity index (χ1) is 8.85. The second kappa shape index (κ2) is 5.90. The predicted molar refractivity (Wildman–Crippen MR) is 70.6 cm³/mol. The molecule has 0 aromatic heterocycles. The second-order valence-corrected chi connectivity index (χ2v) is 5.11. The molecule has 0 aromatic rings. The van der Waals surface area contributed by atoms with Gasteiger partial charge < -0.3 is 21.2 Å². The minimum absolute atomic E-state index is 0.0187. The molecule has 4 N–H and O–H groups in total. The van der Waals surface area contributed by atoms with Crippen LogP contribution in [0, 0.1) is 5.41 Å². The molecule has 108 valence electrons. The third-order valence-corrected chi connectivity index (χ3v) is 3.74. The van der Waals surface area contributed by atoms with Gasteiger partial charge in [0.05, 0.1) is 0 Å². The van der Waals surface area contributed by atoms with E-state index in [0.29, 0.717) is 19.5 Å². The highest BCUT2D eigenvalue weighted by Crippen LogP contribution is 2.26. The normalized spacial score (nSPS) is 23.0. The van der Waals surface area contributed by atoms with Gasteiger partial charge in [0.25, 0.3) is 0 Å². The van der Waals surface area contributed by atoms with Crippen molar-refractivity contribution >= 4 is 17.6 Å². The number of likely N-dealkylation sites (tertiary alicyclic amines) is 1. The predicted octanol–water partition coefficient (Wildman–Crippen LogP) is -0.114. The molecule has 7 heteroatoms. The number of rotatable bonds is 4. The van der Waals surface area contributed by atoms with E-state index in [1.807, 2.05) is 6.92 Å². The third-order valence-electron chi connectivity index (χ3n) is 3.74. The van der Waals surface area contributed by atoms with Crippen molar-refractivity contribution in [3.63, 3.8) is 0 Å². The summed E-state index contributed by atoms with van der Waals surface area (Å²) >= 11 is 0. The molecule has 0 aromatic carbocycles. The van der Waals surface area contributed by atoms with E-state index >= 15 is 0 Å². The smallest absolute Gasteiger partial charge is 0.236 e. The summed E-state index contributed by atoms with van der Waals surface area (Å²) < 4.78 is 0. The fourth-order valence-electron chi connectivity index (χ4n) is 2.25. The van der Waals surface area contributed by atoms with Gasteiger partial charge in [-0.05, 0) is 19.8 Å². The molecule has 19 heavy (non-hydrogen) atoms. The Morgan fingerprint density at radius 3 is 2.68 bits per heavy atom. The summed E-state index contributed by atoms with van der Waals surface area (Å²) in [6, 6.07) is -0.0187. The number of nitrogens with zero attached hydrogens (tertiary/aromatic N) is 2. The van der Waals surface area contributed by atoms with Crippen LogP contribution in [0.2, 0.25) is 0 Å². The summed E-state index contributed by atoms with van der Waals surface area (Å²) in [5.74, 6) is -0.352. The molecule has 0 aliphatic carbocycles. The maximum Gasteiger partial charge on any atom is 0.236 e. The number of carbonyl (C=O) groups excluding carboxylic acids is 2. The fourth-order valence-corrected chi connectivity index (χ4v) is 2.25. The van der Waals surface area contributed by atoms with Crippen molar-refractivity contribution in [2.75, 3.05) is 13.1 Å². The van der Waals surface area contributed by atoms with Crippen LogP contribution in [0.25, 0.3) is 0 Å². The van der Waals surface area contributed by atoms with Gasteiger partial charge in [0.1, 0.15) is 5.41 Å². The lowest BCUT2D eigenvalue weighted by molar-refractivity contribution is -0.137. The number of hydrogen-bond donors (Lipinski definition) is 3. The van der Waals surface area contributed by atoms with Crippen molar-refractivity contribution in [1.82, 2.24) is 10.2 Å². The van der Waals surface area contributed by atoms with Crippen molar-refractivity contribution in [2.45, 2.75) is 39.7 Å². The van der Waals surface area contributed by atoms with Crippen LogP contribution in [0.1, 0.15) is 33.6 Å². The van der Waals surface area contributed by atoms with Crippen LogP contribution in [0.4, 0.5) is 0 Å². The van der Waals surface area contributed by atoms with Gasteiger partial charge >= 0.3 is 0 Å². The minimum atomic E-state index is -1.00. The highest BCUT2D eigenvalue weighted by molar-refractivity contribution is 6.06. The Morgan fingerprint density at radius 2 is 2.21 bits per heavy atom. The molecule has 1 fully saturated rings. The minimum Gasteiger partial charge on any atom is -0.409 e. The molecule has 1 aliphatic rings. The molecular weight excluding hydrogens is 248 g/mol. The van der Waals surface area contributed by atoms with Gasteiger partial charge in [-0.3, -0.25) is 9.59 Å². The molecule has 0 bridgehead atoms. The standard InChI is InChI=1S/C12H22N4O3/c1-4-12(3,10(13)15-19)11(18)16-6-5-9(7-16)14-8(2)17/h9,19H,4-7H2,1-3H3,(H2,13,15)(H,14,17). The van der Waals surface area contributed by atoms with Crippen LogP contribution < -0.4 is 11.1 Å². The van der Waals surface area contributed by atoms with Crippen LogP contribution >= 0.6 is 0 Å². The summed E-state index contributed by atoms with van der Waals surface area (Å²) in [5.41, 5.74) is 4.63. The first kappa shape index (κ1) is 15.3. The maximum atomic E-state index is 12.5. The zero-order valence-electron chi connectivity index (χ0n) is 11.6. The molecule has 1 rings (SSSR count). The third kappa shape index (κ3) is 3.15. The fraction of sp³-hybridized carbons (Fsp3) is 0.750. The summed E-state index contributed by atoms with van der Waals surface area (Å²) in [6.45, 7) is 5.97. The Kier molecular flexibility index (Phi) is 4.74. The number of carbonyl (C=O) groups is 2. The van der Waals surface area contributed by atoms with Gasteiger partial charge in [-0.15, -0.1) is 0 Å². The highest BCUT2D eigenvalue weighted by atomic mass is 16.4. The molecule has 2 amide bonds. The second-order valence-electron chi connectivity index (χ2n) is 5.11. The Morgan fingerprint density at radius 1 is 1.58 bits per heavy atom. The van der Waals surface area contributed by atoms with Crippen molar-refractivity contribution in [2.24, 2.45) is 16.3 Å². The van der Waals surface area contributed by atoms with Crippen LogP contribution in [0.5, 0.6) is 0 Å². The van der Waals surface area contributed by atoms with Crippen molar-refractivity contribution < 1.29 is 14.8 Å². The largest absolute Gasteiger partial charge is 0.409 e. The average molecular weight is 270 g/mol. The van der Waals surface area contributed by atoms with Gasteiger partial charge in [-0.2, -0.15) is 0 Å². The molecule has 1 saturated heterocycles. The molecule has 2 atom stereocenters. The maximum absolute atomic E-state index is 12.5. The lowest BCUT2D eigenvalue weighted by Gasteiger charge is -2.30. The number of hydrogen-bond acceptors (Lipinski definition) is 4. The lowest BCUT2D eigenvalue weighted by Crippen LogP contribution is -2.49. The molecule has 7 nitrogen and oxygen atoms in total. The molecule has 1 aliphatic heterocycles. The molecular formula is C12H22N4O3. The monoisotopic (exact) mass is 270 g/mol. The summed E-state index contributed by atoms with van der Waals surface area (Å²) in [4.78, 5) is 25.1. The van der Waals surface area contributed by atoms with Gasteiger partial charge in [-0.25, -0.2) is 0 Å². The van der Waals surface area contributed by atoms with E-state index in [2.05, 4.69) is 10.5 Å². The zero-order valence-corrected chi connectivity index (χ0v) is 11.6. The molecule has 2 unspecified atom stereocenters. The number of amidine groups is 1. The van der Waals surface area contributed by atoms with E-state index in [0.717, 1.165) is 6.42 Å². The van der Waals surface area contributed by atoms with E-state index < -0.39 is 5.41 Å². The van der Waals surface area contributed by atoms with Crippen LogP contribution in [0.3, 0.4) is 0 Å². The molecule has 0 saturated carbocycles. The SMILES string of the molecule is CCC(C)(C(=O)N1CCC(NC(C)=O)C1)C(N)=NO. The summed E-state index contributed by atoms with van der Waals surface area (Å²) in [5, 5.41) is 14.6. The zero-order chi connectivity index (χ0) is 14.6. The van der Waals surface area contributed by atoms with E-state index in [4.69, 9.17) is 10.9 Å². The van der Waals surface area contributed by atoms with Crippen LogP contribution in [0.15, 0.2) is 5.16 Å². The Bertz CT molecular complexity index is 396. The topological polar surface area (TPSA) is 108 Å². The van der Waals surface area contributed by atoms with E-state index in [9.17, 15) is 9.59 Å². The summed E-state index contributed by atoms with van der Waals surface area (Å²) in [7, 11) is 0. The van der Waals surface area contributed by atoms with E-state index in [-0.39, 0.29) is 23.7 Å². The first-order valence-electron chi connectivity index (χ1n) is 6.39.